The topological polar surface area (TPSA) is 60.9 Å². The fraction of sp³-hybridized carbons (Fsp3) is 0.0909. The standard InChI is InChI=1S/C22H18N6/c1-2-7-17(8-3-1)20-21(19-15-26-28-13-6-12-24-22(19)28)27(16-25-20)14-10-18-9-4-5-11-23-18/h1-9,11-13,15-16H,10,14H2. The van der Waals surface area contributed by atoms with Gasteiger partial charge in [-0.1, -0.05) is 36.4 Å². The molecule has 5 aromatic rings. The lowest BCUT2D eigenvalue weighted by molar-refractivity contribution is 0.691. The molecule has 5 rings (SSSR count). The summed E-state index contributed by atoms with van der Waals surface area (Å²) in [5, 5.41) is 4.47. The molecule has 0 bridgehead atoms. The van der Waals surface area contributed by atoms with E-state index in [0.717, 1.165) is 46.8 Å². The molecule has 28 heavy (non-hydrogen) atoms. The van der Waals surface area contributed by atoms with E-state index in [4.69, 9.17) is 4.98 Å². The lowest BCUT2D eigenvalue weighted by Crippen LogP contribution is -2.03. The molecule has 0 radical (unpaired) electrons. The predicted octanol–water partition coefficient (Wildman–Crippen LogP) is 3.90. The summed E-state index contributed by atoms with van der Waals surface area (Å²) in [6.07, 6.45) is 10.1. The molecule has 0 N–H and O–H groups in total. The average molecular weight is 366 g/mol. The molecule has 0 saturated heterocycles. The number of hydrogen-bond donors (Lipinski definition) is 0. The molecular formula is C22H18N6. The number of fused-ring (bicyclic) bond motifs is 1. The van der Waals surface area contributed by atoms with Crippen molar-refractivity contribution in [3.63, 3.8) is 0 Å². The highest BCUT2D eigenvalue weighted by Gasteiger charge is 2.19. The van der Waals surface area contributed by atoms with Gasteiger partial charge in [-0.2, -0.15) is 5.10 Å². The predicted molar refractivity (Wildman–Crippen MR) is 108 cm³/mol. The third-order valence-electron chi connectivity index (χ3n) is 4.75. The summed E-state index contributed by atoms with van der Waals surface area (Å²) in [7, 11) is 0. The van der Waals surface area contributed by atoms with Gasteiger partial charge in [-0.25, -0.2) is 14.5 Å². The number of aryl methyl sites for hydroxylation is 2. The van der Waals surface area contributed by atoms with E-state index < -0.39 is 0 Å². The summed E-state index contributed by atoms with van der Waals surface area (Å²) in [5.41, 5.74) is 5.88. The molecule has 4 heterocycles. The van der Waals surface area contributed by atoms with Gasteiger partial charge in [-0.15, -0.1) is 0 Å². The quantitative estimate of drug-likeness (QED) is 0.473. The van der Waals surface area contributed by atoms with Crippen LogP contribution in [0.3, 0.4) is 0 Å². The van der Waals surface area contributed by atoms with Gasteiger partial charge in [0, 0.05) is 42.8 Å². The lowest BCUT2D eigenvalue weighted by Gasteiger charge is -2.09. The van der Waals surface area contributed by atoms with Gasteiger partial charge in [0.1, 0.15) is 0 Å². The minimum Gasteiger partial charge on any atom is -0.330 e. The highest BCUT2D eigenvalue weighted by molar-refractivity contribution is 5.85. The van der Waals surface area contributed by atoms with Crippen molar-refractivity contribution < 1.29 is 0 Å². The summed E-state index contributed by atoms with van der Waals surface area (Å²) < 4.78 is 3.96. The van der Waals surface area contributed by atoms with Gasteiger partial charge in [-0.3, -0.25) is 4.98 Å². The summed E-state index contributed by atoms with van der Waals surface area (Å²) in [5.74, 6) is 0. The van der Waals surface area contributed by atoms with Gasteiger partial charge >= 0.3 is 0 Å². The van der Waals surface area contributed by atoms with Crippen molar-refractivity contribution in [3.8, 4) is 22.5 Å². The number of hydrogen-bond acceptors (Lipinski definition) is 4. The van der Waals surface area contributed by atoms with Gasteiger partial charge in [0.05, 0.1) is 29.5 Å². The van der Waals surface area contributed by atoms with Crippen molar-refractivity contribution in [3.05, 3.63) is 91.4 Å². The van der Waals surface area contributed by atoms with Gasteiger partial charge in [0.2, 0.25) is 0 Å². The highest BCUT2D eigenvalue weighted by Crippen LogP contribution is 2.33. The average Bonchev–Trinajstić information content (AvgIpc) is 3.37. The number of nitrogens with zero attached hydrogens (tertiary/aromatic N) is 6. The molecule has 6 nitrogen and oxygen atoms in total. The SMILES string of the molecule is c1ccc(-c2ncn(CCc3ccccn3)c2-c2cnn3cccnc23)cc1. The summed E-state index contributed by atoms with van der Waals surface area (Å²) in [4.78, 5) is 13.7. The molecule has 0 aliphatic heterocycles. The van der Waals surface area contributed by atoms with E-state index in [2.05, 4.69) is 31.8 Å². The minimum atomic E-state index is 0.774. The van der Waals surface area contributed by atoms with E-state index in [9.17, 15) is 0 Å². The molecule has 0 atom stereocenters. The Labute approximate surface area is 162 Å². The number of aromatic nitrogens is 6. The summed E-state index contributed by atoms with van der Waals surface area (Å²) in [6, 6.07) is 18.1. The highest BCUT2D eigenvalue weighted by atomic mass is 15.2. The first-order chi connectivity index (χ1) is 13.9. The van der Waals surface area contributed by atoms with Crippen molar-refractivity contribution >= 4 is 5.65 Å². The van der Waals surface area contributed by atoms with Crippen molar-refractivity contribution in [1.82, 2.24) is 29.1 Å². The van der Waals surface area contributed by atoms with Gasteiger partial charge in [0.15, 0.2) is 5.65 Å². The van der Waals surface area contributed by atoms with Crippen LogP contribution >= 0.6 is 0 Å². The number of pyridine rings is 1. The fourth-order valence-electron chi connectivity index (χ4n) is 3.42. The van der Waals surface area contributed by atoms with Crippen LogP contribution in [0.2, 0.25) is 0 Å². The maximum atomic E-state index is 4.74. The zero-order valence-corrected chi connectivity index (χ0v) is 15.2. The second-order valence-corrected chi connectivity index (χ2v) is 6.52. The van der Waals surface area contributed by atoms with Gasteiger partial charge in [-0.05, 0) is 18.2 Å². The van der Waals surface area contributed by atoms with Crippen LogP contribution in [0.15, 0.2) is 85.7 Å². The summed E-state index contributed by atoms with van der Waals surface area (Å²) in [6.45, 7) is 0.774. The van der Waals surface area contributed by atoms with E-state index in [-0.39, 0.29) is 0 Å². The second kappa shape index (κ2) is 7.08. The Kier molecular flexibility index (Phi) is 4.14. The Morgan fingerprint density at radius 1 is 0.821 bits per heavy atom. The minimum absolute atomic E-state index is 0.774. The lowest BCUT2D eigenvalue weighted by atomic mass is 10.1. The molecule has 0 aliphatic rings. The number of rotatable bonds is 5. The van der Waals surface area contributed by atoms with Crippen molar-refractivity contribution in [2.45, 2.75) is 13.0 Å². The van der Waals surface area contributed by atoms with Crippen molar-refractivity contribution in [2.24, 2.45) is 0 Å². The van der Waals surface area contributed by atoms with Crippen LogP contribution in [-0.4, -0.2) is 29.1 Å². The Bertz CT molecular complexity index is 1210. The monoisotopic (exact) mass is 366 g/mol. The molecule has 6 heteroatoms. The first-order valence-corrected chi connectivity index (χ1v) is 9.19. The van der Waals surface area contributed by atoms with Crippen LogP contribution in [0.1, 0.15) is 5.69 Å². The maximum absolute atomic E-state index is 4.74. The first kappa shape index (κ1) is 16.4. The molecule has 0 spiro atoms. The Balaban J connectivity index is 1.63. The van der Waals surface area contributed by atoms with E-state index in [0.29, 0.717) is 0 Å². The van der Waals surface area contributed by atoms with Gasteiger partial charge in [0.25, 0.3) is 0 Å². The van der Waals surface area contributed by atoms with E-state index in [1.807, 2.05) is 67.4 Å². The molecule has 0 fully saturated rings. The van der Waals surface area contributed by atoms with Crippen molar-refractivity contribution in [2.75, 3.05) is 0 Å². The number of benzene rings is 1. The zero-order valence-electron chi connectivity index (χ0n) is 15.2. The van der Waals surface area contributed by atoms with Crippen LogP contribution < -0.4 is 0 Å². The number of imidazole rings is 1. The molecule has 0 unspecified atom stereocenters. The van der Waals surface area contributed by atoms with E-state index in [1.54, 1.807) is 10.7 Å². The molecule has 0 saturated carbocycles. The fourth-order valence-corrected chi connectivity index (χ4v) is 3.42. The molecule has 0 aliphatic carbocycles. The Morgan fingerprint density at radius 3 is 2.54 bits per heavy atom. The van der Waals surface area contributed by atoms with E-state index >= 15 is 0 Å². The molecule has 136 valence electrons. The largest absolute Gasteiger partial charge is 0.330 e. The Hall–Kier alpha value is -3.80. The third-order valence-corrected chi connectivity index (χ3v) is 4.75. The van der Waals surface area contributed by atoms with Crippen LogP contribution in [0, 0.1) is 0 Å². The maximum Gasteiger partial charge on any atom is 0.164 e. The molecule has 0 amide bonds. The third kappa shape index (κ3) is 2.95. The van der Waals surface area contributed by atoms with Crippen LogP contribution in [-0.2, 0) is 13.0 Å². The summed E-state index contributed by atoms with van der Waals surface area (Å²) >= 11 is 0. The normalized spacial score (nSPS) is 11.1. The molecule has 4 aromatic heterocycles. The van der Waals surface area contributed by atoms with E-state index in [1.165, 1.54) is 0 Å². The second-order valence-electron chi connectivity index (χ2n) is 6.52. The molecule has 1 aromatic carbocycles. The van der Waals surface area contributed by atoms with Crippen molar-refractivity contribution in [1.29, 1.82) is 0 Å². The van der Waals surface area contributed by atoms with Gasteiger partial charge < -0.3 is 4.57 Å². The Morgan fingerprint density at radius 2 is 1.68 bits per heavy atom. The van der Waals surface area contributed by atoms with Crippen LogP contribution in [0.4, 0.5) is 0 Å². The molecular weight excluding hydrogens is 348 g/mol. The smallest absolute Gasteiger partial charge is 0.164 e. The van der Waals surface area contributed by atoms with Crippen LogP contribution in [0.5, 0.6) is 0 Å². The zero-order chi connectivity index (χ0) is 18.8. The van der Waals surface area contributed by atoms with Crippen LogP contribution in [0.25, 0.3) is 28.2 Å². The first-order valence-electron chi connectivity index (χ1n) is 9.19.